The van der Waals surface area contributed by atoms with E-state index in [2.05, 4.69) is 22.3 Å². The van der Waals surface area contributed by atoms with Gasteiger partial charge in [0.05, 0.1) is 17.9 Å². The van der Waals surface area contributed by atoms with Crippen molar-refractivity contribution in [2.75, 3.05) is 7.05 Å². The van der Waals surface area contributed by atoms with Gasteiger partial charge in [-0.05, 0) is 25.1 Å². The van der Waals surface area contributed by atoms with Crippen molar-refractivity contribution < 1.29 is 4.39 Å². The molecule has 4 nitrogen and oxygen atoms in total. The van der Waals surface area contributed by atoms with E-state index in [0.717, 1.165) is 23.2 Å². The Kier molecular flexibility index (Phi) is 3.72. The second-order valence-corrected chi connectivity index (χ2v) is 4.22. The Hall–Kier alpha value is -1.75. The normalized spacial score (nSPS) is 12.7. The number of halogens is 1. The Morgan fingerprint density at radius 1 is 1.44 bits per heavy atom. The number of rotatable bonds is 4. The van der Waals surface area contributed by atoms with E-state index in [1.54, 1.807) is 10.9 Å². The molecule has 0 aliphatic carbocycles. The van der Waals surface area contributed by atoms with Crippen molar-refractivity contribution in [3.8, 4) is 0 Å². The van der Waals surface area contributed by atoms with Crippen LogP contribution in [0.1, 0.15) is 29.8 Å². The molecule has 0 fully saturated rings. The summed E-state index contributed by atoms with van der Waals surface area (Å²) in [4.78, 5) is 3.90. The Morgan fingerprint density at radius 3 is 2.83 bits per heavy atom. The first kappa shape index (κ1) is 12.7. The summed E-state index contributed by atoms with van der Waals surface area (Å²) >= 11 is 0. The van der Waals surface area contributed by atoms with Crippen LogP contribution in [0.25, 0.3) is 0 Å². The molecule has 2 aromatic rings. The molecular weight excluding hydrogens is 231 g/mol. The summed E-state index contributed by atoms with van der Waals surface area (Å²) in [6, 6.07) is 1.41. The number of nitrogens with one attached hydrogen (secondary N) is 1. The monoisotopic (exact) mass is 248 g/mol. The lowest BCUT2D eigenvalue weighted by Crippen LogP contribution is -2.18. The van der Waals surface area contributed by atoms with E-state index in [-0.39, 0.29) is 11.9 Å². The van der Waals surface area contributed by atoms with E-state index in [1.807, 2.05) is 20.3 Å². The highest BCUT2D eigenvalue weighted by Crippen LogP contribution is 2.24. The number of hydrogen-bond acceptors (Lipinski definition) is 3. The van der Waals surface area contributed by atoms with Gasteiger partial charge >= 0.3 is 0 Å². The fourth-order valence-corrected chi connectivity index (χ4v) is 2.16. The first-order chi connectivity index (χ1) is 8.65. The van der Waals surface area contributed by atoms with Gasteiger partial charge in [-0.15, -0.1) is 0 Å². The van der Waals surface area contributed by atoms with Gasteiger partial charge in [-0.3, -0.25) is 9.67 Å². The lowest BCUT2D eigenvalue weighted by Gasteiger charge is -2.16. The Bertz CT molecular complexity index is 536. The molecule has 0 amide bonds. The first-order valence-electron chi connectivity index (χ1n) is 5.95. The third kappa shape index (κ3) is 2.41. The smallest absolute Gasteiger partial charge is 0.141 e. The maximum atomic E-state index is 13.3. The van der Waals surface area contributed by atoms with Crippen molar-refractivity contribution >= 4 is 0 Å². The van der Waals surface area contributed by atoms with Crippen LogP contribution in [0.4, 0.5) is 4.39 Å². The Morgan fingerprint density at radius 2 is 2.22 bits per heavy atom. The molecule has 0 saturated heterocycles. The van der Waals surface area contributed by atoms with Crippen LogP contribution in [0.2, 0.25) is 0 Å². The topological polar surface area (TPSA) is 42.7 Å². The van der Waals surface area contributed by atoms with Crippen molar-refractivity contribution in [3.05, 3.63) is 47.3 Å². The number of pyridine rings is 1. The van der Waals surface area contributed by atoms with Crippen LogP contribution in [0.5, 0.6) is 0 Å². The van der Waals surface area contributed by atoms with E-state index in [4.69, 9.17) is 0 Å². The summed E-state index contributed by atoms with van der Waals surface area (Å²) in [6.45, 7) is 2.06. The van der Waals surface area contributed by atoms with Gasteiger partial charge < -0.3 is 5.32 Å². The maximum absolute atomic E-state index is 13.3. The third-order valence-corrected chi connectivity index (χ3v) is 2.93. The fourth-order valence-electron chi connectivity index (χ4n) is 2.16. The minimum absolute atomic E-state index is 0.0863. The van der Waals surface area contributed by atoms with Crippen molar-refractivity contribution in [1.29, 1.82) is 0 Å². The highest BCUT2D eigenvalue weighted by Gasteiger charge is 2.18. The van der Waals surface area contributed by atoms with Crippen LogP contribution < -0.4 is 5.32 Å². The van der Waals surface area contributed by atoms with E-state index < -0.39 is 0 Å². The lowest BCUT2D eigenvalue weighted by atomic mass is 10.00. The molecule has 0 saturated carbocycles. The molecular formula is C13H17FN4. The molecule has 0 spiro atoms. The second kappa shape index (κ2) is 5.27. The molecule has 2 rings (SSSR count). The molecule has 0 aliphatic rings. The van der Waals surface area contributed by atoms with Gasteiger partial charge in [-0.2, -0.15) is 5.10 Å². The minimum Gasteiger partial charge on any atom is -0.309 e. The zero-order valence-corrected chi connectivity index (χ0v) is 10.8. The molecule has 2 aromatic heterocycles. The van der Waals surface area contributed by atoms with E-state index in [0.29, 0.717) is 0 Å². The Labute approximate surface area is 106 Å². The minimum atomic E-state index is -0.324. The van der Waals surface area contributed by atoms with Gasteiger partial charge in [0, 0.05) is 25.0 Å². The van der Waals surface area contributed by atoms with Crippen LogP contribution in [-0.2, 0) is 13.5 Å². The lowest BCUT2D eigenvalue weighted by molar-refractivity contribution is 0.608. The summed E-state index contributed by atoms with van der Waals surface area (Å²) in [7, 11) is 3.74. The highest BCUT2D eigenvalue weighted by atomic mass is 19.1. The van der Waals surface area contributed by atoms with Gasteiger partial charge in [0.2, 0.25) is 0 Å². The van der Waals surface area contributed by atoms with Gasteiger partial charge in [0.15, 0.2) is 0 Å². The summed E-state index contributed by atoms with van der Waals surface area (Å²) in [6.07, 6.45) is 5.69. The predicted octanol–water partition coefficient (Wildman–Crippen LogP) is 1.83. The first-order valence-corrected chi connectivity index (χ1v) is 5.95. The largest absolute Gasteiger partial charge is 0.309 e. The van der Waals surface area contributed by atoms with Crippen LogP contribution in [-0.4, -0.2) is 21.8 Å². The molecule has 0 aromatic carbocycles. The molecule has 1 N–H and O–H groups in total. The third-order valence-electron chi connectivity index (χ3n) is 2.93. The van der Waals surface area contributed by atoms with Crippen molar-refractivity contribution in [2.24, 2.45) is 7.05 Å². The summed E-state index contributed by atoms with van der Waals surface area (Å²) in [5.74, 6) is -0.324. The SMILES string of the molecule is CCc1nn(C)cc1C(NC)c1cncc(F)c1. The van der Waals surface area contributed by atoms with Crippen LogP contribution in [0.3, 0.4) is 0 Å². The highest BCUT2D eigenvalue weighted by molar-refractivity contribution is 5.32. The molecule has 0 aliphatic heterocycles. The second-order valence-electron chi connectivity index (χ2n) is 4.22. The molecule has 0 bridgehead atoms. The van der Waals surface area contributed by atoms with Crippen molar-refractivity contribution in [2.45, 2.75) is 19.4 Å². The average Bonchev–Trinajstić information content (AvgIpc) is 2.71. The van der Waals surface area contributed by atoms with Crippen LogP contribution in [0.15, 0.2) is 24.7 Å². The summed E-state index contributed by atoms with van der Waals surface area (Å²) < 4.78 is 15.0. The van der Waals surface area contributed by atoms with Crippen LogP contribution >= 0.6 is 0 Å². The van der Waals surface area contributed by atoms with Crippen molar-refractivity contribution in [1.82, 2.24) is 20.1 Å². The molecule has 2 heterocycles. The predicted molar refractivity (Wildman–Crippen MR) is 67.7 cm³/mol. The average molecular weight is 248 g/mol. The van der Waals surface area contributed by atoms with Gasteiger partial charge in [-0.1, -0.05) is 6.92 Å². The molecule has 1 unspecified atom stereocenters. The van der Waals surface area contributed by atoms with E-state index in [1.165, 1.54) is 12.3 Å². The molecule has 96 valence electrons. The summed E-state index contributed by atoms with van der Waals surface area (Å²) in [5.41, 5.74) is 2.89. The number of aryl methyl sites for hydroxylation is 2. The molecule has 1 atom stereocenters. The standard InChI is InChI=1S/C13H17FN4/c1-4-12-11(8-18(3)17-12)13(15-2)9-5-10(14)7-16-6-9/h5-8,13,15H,4H2,1-3H3. The van der Waals surface area contributed by atoms with Gasteiger partial charge in [0.1, 0.15) is 5.82 Å². The zero-order chi connectivity index (χ0) is 13.1. The molecule has 18 heavy (non-hydrogen) atoms. The Balaban J connectivity index is 2.44. The van der Waals surface area contributed by atoms with E-state index >= 15 is 0 Å². The van der Waals surface area contributed by atoms with E-state index in [9.17, 15) is 4.39 Å². The van der Waals surface area contributed by atoms with Gasteiger partial charge in [-0.25, -0.2) is 4.39 Å². The number of aromatic nitrogens is 3. The zero-order valence-electron chi connectivity index (χ0n) is 10.8. The summed E-state index contributed by atoms with van der Waals surface area (Å²) in [5, 5.41) is 7.60. The quantitative estimate of drug-likeness (QED) is 0.897. The van der Waals surface area contributed by atoms with Gasteiger partial charge in [0.25, 0.3) is 0 Å². The maximum Gasteiger partial charge on any atom is 0.141 e. The number of nitrogens with zero attached hydrogens (tertiary/aromatic N) is 3. The molecule has 0 radical (unpaired) electrons. The fraction of sp³-hybridized carbons (Fsp3) is 0.385. The number of hydrogen-bond donors (Lipinski definition) is 1. The van der Waals surface area contributed by atoms with Crippen LogP contribution in [0, 0.1) is 5.82 Å². The van der Waals surface area contributed by atoms with Crippen molar-refractivity contribution in [3.63, 3.8) is 0 Å². The molecule has 5 heteroatoms.